The van der Waals surface area contributed by atoms with E-state index >= 15 is 0 Å². The van der Waals surface area contributed by atoms with Gasteiger partial charge in [-0.15, -0.1) is 0 Å². The number of amides is 1. The Morgan fingerprint density at radius 1 is 1.05 bits per heavy atom. The quantitative estimate of drug-likeness (QED) is 0.628. The first-order valence-electron chi connectivity index (χ1n) is 6.74. The van der Waals surface area contributed by atoms with Crippen LogP contribution in [0, 0.1) is 0 Å². The molecule has 0 heterocycles. The SMILES string of the molecule is CC(C)(C)c1ccc(C(=O)Nc2cc(Cl)cc(Cl)c2)cc1Br. The van der Waals surface area contributed by atoms with Crippen LogP contribution in [-0.4, -0.2) is 5.91 Å². The molecule has 22 heavy (non-hydrogen) atoms. The summed E-state index contributed by atoms with van der Waals surface area (Å²) in [5, 5.41) is 3.75. The van der Waals surface area contributed by atoms with Gasteiger partial charge in [-0.2, -0.15) is 0 Å². The van der Waals surface area contributed by atoms with Crippen LogP contribution in [0.15, 0.2) is 40.9 Å². The molecule has 0 aliphatic heterocycles. The second-order valence-electron chi connectivity index (χ2n) is 6.06. The van der Waals surface area contributed by atoms with E-state index in [2.05, 4.69) is 42.0 Å². The van der Waals surface area contributed by atoms with Crippen LogP contribution in [0.25, 0.3) is 0 Å². The summed E-state index contributed by atoms with van der Waals surface area (Å²) in [5.41, 5.74) is 2.29. The predicted molar refractivity (Wildman–Crippen MR) is 97.3 cm³/mol. The number of benzene rings is 2. The molecule has 2 rings (SSSR count). The van der Waals surface area contributed by atoms with Crippen LogP contribution in [0.3, 0.4) is 0 Å². The lowest BCUT2D eigenvalue weighted by Gasteiger charge is -2.21. The topological polar surface area (TPSA) is 29.1 Å². The number of carbonyl (C=O) groups excluding carboxylic acids is 1. The van der Waals surface area contributed by atoms with Crippen LogP contribution in [0.5, 0.6) is 0 Å². The van der Waals surface area contributed by atoms with E-state index in [1.54, 1.807) is 18.2 Å². The van der Waals surface area contributed by atoms with E-state index in [1.807, 2.05) is 18.2 Å². The third-order valence-electron chi connectivity index (χ3n) is 3.16. The fraction of sp³-hybridized carbons (Fsp3) is 0.235. The zero-order chi connectivity index (χ0) is 16.5. The van der Waals surface area contributed by atoms with Crippen LogP contribution in [-0.2, 0) is 5.41 Å². The normalized spacial score (nSPS) is 11.4. The highest BCUT2D eigenvalue weighted by atomic mass is 79.9. The summed E-state index contributed by atoms with van der Waals surface area (Å²) in [6.45, 7) is 6.38. The van der Waals surface area contributed by atoms with E-state index in [0.717, 1.165) is 10.0 Å². The smallest absolute Gasteiger partial charge is 0.255 e. The Morgan fingerprint density at radius 3 is 2.14 bits per heavy atom. The summed E-state index contributed by atoms with van der Waals surface area (Å²) >= 11 is 15.4. The molecule has 1 N–H and O–H groups in total. The van der Waals surface area contributed by atoms with Crippen molar-refractivity contribution in [3.05, 3.63) is 62.0 Å². The van der Waals surface area contributed by atoms with E-state index < -0.39 is 0 Å². The lowest BCUT2D eigenvalue weighted by atomic mass is 9.86. The van der Waals surface area contributed by atoms with Crippen LogP contribution >= 0.6 is 39.1 Å². The van der Waals surface area contributed by atoms with E-state index in [-0.39, 0.29) is 11.3 Å². The van der Waals surface area contributed by atoms with Crippen LogP contribution in [0.2, 0.25) is 10.0 Å². The van der Waals surface area contributed by atoms with Gasteiger partial charge in [-0.25, -0.2) is 0 Å². The van der Waals surface area contributed by atoms with Crippen molar-refractivity contribution >= 4 is 50.7 Å². The Labute approximate surface area is 148 Å². The molecule has 5 heteroatoms. The molecule has 2 nitrogen and oxygen atoms in total. The molecule has 0 saturated carbocycles. The van der Waals surface area contributed by atoms with Crippen molar-refractivity contribution in [3.63, 3.8) is 0 Å². The van der Waals surface area contributed by atoms with Gasteiger partial charge in [0.1, 0.15) is 0 Å². The van der Waals surface area contributed by atoms with Crippen molar-refractivity contribution in [1.82, 2.24) is 0 Å². The van der Waals surface area contributed by atoms with Crippen molar-refractivity contribution in [1.29, 1.82) is 0 Å². The Balaban J connectivity index is 2.25. The largest absolute Gasteiger partial charge is 0.322 e. The predicted octanol–water partition coefficient (Wildman–Crippen LogP) is 6.31. The minimum Gasteiger partial charge on any atom is -0.322 e. The minimum atomic E-state index is -0.209. The second-order valence-corrected chi connectivity index (χ2v) is 7.78. The summed E-state index contributed by atoms with van der Waals surface area (Å²) in [4.78, 5) is 12.3. The molecule has 0 aliphatic carbocycles. The monoisotopic (exact) mass is 399 g/mol. The Morgan fingerprint density at radius 2 is 1.64 bits per heavy atom. The maximum absolute atomic E-state index is 12.3. The lowest BCUT2D eigenvalue weighted by molar-refractivity contribution is 0.102. The van der Waals surface area contributed by atoms with Gasteiger partial charge in [0.2, 0.25) is 0 Å². The van der Waals surface area contributed by atoms with Crippen molar-refractivity contribution in [2.45, 2.75) is 26.2 Å². The second kappa shape index (κ2) is 6.61. The van der Waals surface area contributed by atoms with Crippen molar-refractivity contribution in [2.75, 3.05) is 5.32 Å². The summed E-state index contributed by atoms with van der Waals surface area (Å²) in [5.74, 6) is -0.209. The number of hydrogen-bond donors (Lipinski definition) is 1. The Bertz CT molecular complexity index is 703. The molecular weight excluding hydrogens is 385 g/mol. The van der Waals surface area contributed by atoms with Crippen LogP contribution in [0.4, 0.5) is 5.69 Å². The van der Waals surface area contributed by atoms with Crippen LogP contribution in [0.1, 0.15) is 36.7 Å². The summed E-state index contributed by atoms with van der Waals surface area (Å²) in [6.07, 6.45) is 0. The highest BCUT2D eigenvalue weighted by Crippen LogP contribution is 2.30. The molecule has 1 amide bonds. The molecule has 2 aromatic carbocycles. The molecule has 0 saturated heterocycles. The standard InChI is InChI=1S/C17H16BrCl2NO/c1-17(2,3)14-5-4-10(6-15(14)18)16(22)21-13-8-11(19)7-12(20)9-13/h4-9H,1-3H3,(H,21,22). The van der Waals surface area contributed by atoms with Gasteiger partial charge < -0.3 is 5.32 Å². The molecule has 0 atom stereocenters. The first kappa shape index (κ1) is 17.3. The fourth-order valence-electron chi connectivity index (χ4n) is 2.09. The Hall–Kier alpha value is -1.03. The minimum absolute atomic E-state index is 0.00825. The van der Waals surface area contributed by atoms with Crippen molar-refractivity contribution in [2.24, 2.45) is 0 Å². The third kappa shape index (κ3) is 4.25. The molecular formula is C17H16BrCl2NO. The molecule has 0 bridgehead atoms. The van der Waals surface area contributed by atoms with Gasteiger partial charge in [0.25, 0.3) is 5.91 Å². The van der Waals surface area contributed by atoms with Gasteiger partial charge in [-0.1, -0.05) is 66.0 Å². The van der Waals surface area contributed by atoms with E-state index in [0.29, 0.717) is 21.3 Å². The van der Waals surface area contributed by atoms with Gasteiger partial charge in [-0.05, 0) is 41.3 Å². The fourth-order valence-corrected chi connectivity index (χ4v) is 3.59. The average molecular weight is 401 g/mol. The first-order valence-corrected chi connectivity index (χ1v) is 8.29. The van der Waals surface area contributed by atoms with Gasteiger partial charge >= 0.3 is 0 Å². The number of rotatable bonds is 2. The first-order chi connectivity index (χ1) is 10.2. The Kier molecular flexibility index (Phi) is 5.21. The van der Waals surface area contributed by atoms with Gasteiger partial charge in [-0.3, -0.25) is 4.79 Å². The number of anilines is 1. The number of halogens is 3. The lowest BCUT2D eigenvalue weighted by Crippen LogP contribution is -2.15. The van der Waals surface area contributed by atoms with Crippen LogP contribution < -0.4 is 5.32 Å². The van der Waals surface area contributed by atoms with E-state index in [1.165, 1.54) is 0 Å². The maximum atomic E-state index is 12.3. The molecule has 0 aromatic heterocycles. The zero-order valence-electron chi connectivity index (χ0n) is 12.5. The molecule has 0 unspecified atom stereocenters. The zero-order valence-corrected chi connectivity index (χ0v) is 15.6. The molecule has 0 aliphatic rings. The summed E-state index contributed by atoms with van der Waals surface area (Å²) in [6, 6.07) is 10.5. The number of carbonyl (C=O) groups is 1. The van der Waals surface area contributed by atoms with Crippen molar-refractivity contribution < 1.29 is 4.79 Å². The maximum Gasteiger partial charge on any atom is 0.255 e. The van der Waals surface area contributed by atoms with Gasteiger partial charge in [0.15, 0.2) is 0 Å². The summed E-state index contributed by atoms with van der Waals surface area (Å²) in [7, 11) is 0. The van der Waals surface area contributed by atoms with E-state index in [4.69, 9.17) is 23.2 Å². The molecule has 0 spiro atoms. The van der Waals surface area contributed by atoms with Gasteiger partial charge in [0, 0.05) is 25.8 Å². The number of nitrogens with one attached hydrogen (secondary N) is 1. The van der Waals surface area contributed by atoms with E-state index in [9.17, 15) is 4.79 Å². The molecule has 0 fully saturated rings. The molecule has 0 radical (unpaired) electrons. The van der Waals surface area contributed by atoms with Gasteiger partial charge in [0.05, 0.1) is 0 Å². The average Bonchev–Trinajstić information content (AvgIpc) is 2.35. The molecule has 2 aromatic rings. The number of hydrogen-bond acceptors (Lipinski definition) is 1. The highest BCUT2D eigenvalue weighted by molar-refractivity contribution is 9.10. The van der Waals surface area contributed by atoms with Crippen molar-refractivity contribution in [3.8, 4) is 0 Å². The highest BCUT2D eigenvalue weighted by Gasteiger charge is 2.18. The summed E-state index contributed by atoms with van der Waals surface area (Å²) < 4.78 is 0.914. The molecule has 116 valence electrons. The third-order valence-corrected chi connectivity index (χ3v) is 4.25.